The predicted molar refractivity (Wildman–Crippen MR) is 162 cm³/mol. The molecule has 0 radical (unpaired) electrons. The number of aryl methyl sites for hydroxylation is 1. The SMILES string of the molecule is CC.CC.CC(=O)N1CCCc2cc(-c3cccc(NC=O)c3)ccc21.CNCC#Cc1ccc(N)cc1. The Morgan fingerprint density at radius 1 is 1.00 bits per heavy atom. The zero-order valence-electron chi connectivity index (χ0n) is 23.6. The molecule has 6 heteroatoms. The number of hydrogen-bond acceptors (Lipinski definition) is 4. The summed E-state index contributed by atoms with van der Waals surface area (Å²) < 4.78 is 0. The first-order valence-corrected chi connectivity index (χ1v) is 13.2. The number of carbonyl (C=O) groups is 2. The summed E-state index contributed by atoms with van der Waals surface area (Å²) in [6.07, 6.45) is 2.65. The lowest BCUT2D eigenvalue weighted by molar-refractivity contribution is -0.116. The van der Waals surface area contributed by atoms with Gasteiger partial charge in [0.1, 0.15) is 0 Å². The average molecular weight is 515 g/mol. The minimum Gasteiger partial charge on any atom is -0.399 e. The van der Waals surface area contributed by atoms with Crippen LogP contribution >= 0.6 is 0 Å². The van der Waals surface area contributed by atoms with Crippen molar-refractivity contribution in [2.24, 2.45) is 0 Å². The summed E-state index contributed by atoms with van der Waals surface area (Å²) in [5.41, 5.74) is 12.4. The Balaban J connectivity index is 0.000000383. The molecule has 0 aliphatic carbocycles. The molecule has 2 amide bonds. The average Bonchev–Trinajstić information content (AvgIpc) is 2.96. The van der Waals surface area contributed by atoms with Crippen LogP contribution in [0.15, 0.2) is 66.7 Å². The van der Waals surface area contributed by atoms with Gasteiger partial charge in [-0.25, -0.2) is 0 Å². The van der Waals surface area contributed by atoms with Crippen molar-refractivity contribution in [2.75, 3.05) is 36.1 Å². The smallest absolute Gasteiger partial charge is 0.223 e. The molecule has 0 aromatic heterocycles. The second-order valence-electron chi connectivity index (χ2n) is 7.91. The summed E-state index contributed by atoms with van der Waals surface area (Å²) >= 11 is 0. The number of hydrogen-bond donors (Lipinski definition) is 3. The number of amides is 2. The molecule has 1 aliphatic rings. The van der Waals surface area contributed by atoms with Gasteiger partial charge in [0.25, 0.3) is 0 Å². The number of fused-ring (bicyclic) bond motifs is 1. The van der Waals surface area contributed by atoms with Gasteiger partial charge in [-0.2, -0.15) is 0 Å². The number of nitrogens with zero attached hydrogens (tertiary/aromatic N) is 1. The summed E-state index contributed by atoms with van der Waals surface area (Å²) in [6.45, 7) is 11.1. The van der Waals surface area contributed by atoms with Crippen molar-refractivity contribution >= 4 is 29.4 Å². The predicted octanol–water partition coefficient (Wildman–Crippen LogP) is 6.11. The van der Waals surface area contributed by atoms with Gasteiger partial charge in [0.05, 0.1) is 6.54 Å². The Bertz CT molecular complexity index is 1190. The fraction of sp³-hybridized carbons (Fsp3) is 0.312. The van der Waals surface area contributed by atoms with E-state index >= 15 is 0 Å². The lowest BCUT2D eigenvalue weighted by atomic mass is 9.96. The Morgan fingerprint density at radius 2 is 1.68 bits per heavy atom. The maximum absolute atomic E-state index is 11.7. The standard InChI is InChI=1S/C18H18N2O2.C10H12N2.2C2H6/c1-13(22)20-9-3-5-16-10-15(7-8-18(16)20)14-4-2-6-17(11-14)19-12-21;1-12-8-2-3-9-4-6-10(11)7-5-9;2*1-2/h2,4,6-8,10-12H,3,5,9H2,1H3,(H,19,21);4-7,12H,8,11H2,1H3;2*1-2H3. The van der Waals surface area contributed by atoms with E-state index in [1.54, 1.807) is 6.92 Å². The van der Waals surface area contributed by atoms with E-state index in [1.165, 1.54) is 5.56 Å². The van der Waals surface area contributed by atoms with E-state index in [0.29, 0.717) is 13.0 Å². The van der Waals surface area contributed by atoms with Crippen LogP contribution in [-0.2, 0) is 16.0 Å². The molecule has 0 bridgehead atoms. The topological polar surface area (TPSA) is 87.5 Å². The molecule has 3 aromatic carbocycles. The minimum absolute atomic E-state index is 0.0888. The van der Waals surface area contributed by atoms with Crippen LogP contribution in [0.1, 0.15) is 52.2 Å². The van der Waals surface area contributed by atoms with Crippen molar-refractivity contribution in [3.8, 4) is 23.0 Å². The highest BCUT2D eigenvalue weighted by atomic mass is 16.2. The molecular formula is C32H42N4O2. The van der Waals surface area contributed by atoms with Crippen molar-refractivity contribution in [1.29, 1.82) is 0 Å². The van der Waals surface area contributed by atoms with E-state index in [9.17, 15) is 9.59 Å². The fourth-order valence-corrected chi connectivity index (χ4v) is 3.76. The first kappa shape index (κ1) is 31.9. The molecule has 1 heterocycles. The number of anilines is 3. The summed E-state index contributed by atoms with van der Waals surface area (Å²) in [5.74, 6) is 6.06. The number of carbonyl (C=O) groups excluding carboxylic acids is 2. The zero-order valence-corrected chi connectivity index (χ0v) is 23.6. The maximum atomic E-state index is 11.7. The van der Waals surface area contributed by atoms with Gasteiger partial charge in [-0.15, -0.1) is 0 Å². The molecular weight excluding hydrogens is 472 g/mol. The van der Waals surface area contributed by atoms with Gasteiger partial charge in [0, 0.05) is 36.1 Å². The van der Waals surface area contributed by atoms with Crippen LogP contribution in [0.4, 0.5) is 17.1 Å². The van der Waals surface area contributed by atoms with Crippen molar-refractivity contribution < 1.29 is 9.59 Å². The highest BCUT2D eigenvalue weighted by Gasteiger charge is 2.20. The van der Waals surface area contributed by atoms with Crippen LogP contribution in [0.2, 0.25) is 0 Å². The van der Waals surface area contributed by atoms with Gasteiger partial charge >= 0.3 is 0 Å². The van der Waals surface area contributed by atoms with Crippen LogP contribution in [0.3, 0.4) is 0 Å². The van der Waals surface area contributed by atoms with Gasteiger partial charge in [-0.3, -0.25) is 9.59 Å². The molecule has 0 saturated heterocycles. The molecule has 4 N–H and O–H groups in total. The third-order valence-electron chi connectivity index (χ3n) is 5.41. The first-order valence-electron chi connectivity index (χ1n) is 13.2. The number of rotatable bonds is 4. The fourth-order valence-electron chi connectivity index (χ4n) is 3.76. The third kappa shape index (κ3) is 10.1. The van der Waals surface area contributed by atoms with Crippen LogP contribution < -0.4 is 21.3 Å². The molecule has 3 aromatic rings. The number of nitrogens with two attached hydrogens (primary N) is 1. The summed E-state index contributed by atoms with van der Waals surface area (Å²) in [7, 11) is 1.87. The molecule has 6 nitrogen and oxygen atoms in total. The van der Waals surface area contributed by atoms with Crippen LogP contribution in [0.5, 0.6) is 0 Å². The van der Waals surface area contributed by atoms with Crippen LogP contribution in [0.25, 0.3) is 11.1 Å². The number of benzene rings is 3. The molecule has 38 heavy (non-hydrogen) atoms. The first-order chi connectivity index (χ1) is 18.5. The lowest BCUT2D eigenvalue weighted by Crippen LogP contribution is -2.33. The van der Waals surface area contributed by atoms with Crippen LogP contribution in [0, 0.1) is 11.8 Å². The molecule has 0 unspecified atom stereocenters. The van der Waals surface area contributed by atoms with Gasteiger partial charge in [-0.1, -0.05) is 57.7 Å². The van der Waals surface area contributed by atoms with Gasteiger partial charge in [-0.05, 0) is 85.1 Å². The summed E-state index contributed by atoms with van der Waals surface area (Å²) in [6, 6.07) is 21.5. The highest BCUT2D eigenvalue weighted by molar-refractivity contribution is 5.93. The zero-order chi connectivity index (χ0) is 28.3. The number of nitrogens with one attached hydrogen (secondary N) is 2. The molecule has 4 rings (SSSR count). The molecule has 0 spiro atoms. The molecule has 202 valence electrons. The molecule has 1 aliphatic heterocycles. The lowest BCUT2D eigenvalue weighted by Gasteiger charge is -2.29. The molecule has 0 atom stereocenters. The molecule has 0 fully saturated rings. The minimum atomic E-state index is 0.0888. The van der Waals surface area contributed by atoms with Gasteiger partial charge in [0.15, 0.2) is 0 Å². The van der Waals surface area contributed by atoms with Gasteiger partial charge < -0.3 is 21.3 Å². The normalized spacial score (nSPS) is 10.8. The summed E-state index contributed by atoms with van der Waals surface area (Å²) in [4.78, 5) is 24.1. The van der Waals surface area contributed by atoms with E-state index < -0.39 is 0 Å². The van der Waals surface area contributed by atoms with Crippen molar-refractivity contribution in [3.05, 3.63) is 77.9 Å². The third-order valence-corrected chi connectivity index (χ3v) is 5.41. The Labute approximate surface area is 228 Å². The second-order valence-corrected chi connectivity index (χ2v) is 7.91. The Morgan fingerprint density at radius 3 is 2.32 bits per heavy atom. The maximum Gasteiger partial charge on any atom is 0.223 e. The van der Waals surface area contributed by atoms with Gasteiger partial charge in [0.2, 0.25) is 12.3 Å². The van der Waals surface area contributed by atoms with E-state index in [-0.39, 0.29) is 5.91 Å². The van der Waals surface area contributed by atoms with E-state index in [0.717, 1.165) is 53.1 Å². The van der Waals surface area contributed by atoms with Crippen molar-refractivity contribution in [3.63, 3.8) is 0 Å². The van der Waals surface area contributed by atoms with E-state index in [1.807, 2.05) is 100 Å². The van der Waals surface area contributed by atoms with Crippen molar-refractivity contribution in [2.45, 2.75) is 47.5 Å². The largest absolute Gasteiger partial charge is 0.399 e. The van der Waals surface area contributed by atoms with E-state index in [2.05, 4.69) is 28.5 Å². The molecule has 0 saturated carbocycles. The highest BCUT2D eigenvalue weighted by Crippen LogP contribution is 2.32. The van der Waals surface area contributed by atoms with E-state index in [4.69, 9.17) is 5.73 Å². The Kier molecular flexibility index (Phi) is 15.3. The monoisotopic (exact) mass is 514 g/mol. The number of nitrogen functional groups attached to an aromatic ring is 1. The second kappa shape index (κ2) is 18.2. The summed E-state index contributed by atoms with van der Waals surface area (Å²) in [5, 5.41) is 5.62. The van der Waals surface area contributed by atoms with Crippen molar-refractivity contribution in [1.82, 2.24) is 5.32 Å². The Hall–Kier alpha value is -4.08. The quantitative estimate of drug-likeness (QED) is 0.223. The van der Waals surface area contributed by atoms with Crippen LogP contribution in [-0.4, -0.2) is 32.5 Å².